The number of aliphatic carboxylic acids is 1. The van der Waals surface area contributed by atoms with Crippen LogP contribution in [-0.2, 0) is 23.9 Å². The normalized spacial score (nSPS) is 31.1. The summed E-state index contributed by atoms with van der Waals surface area (Å²) in [7, 11) is 6.04. The maximum Gasteiger partial charge on any atom is 0.320 e. The number of hydrogen-bond acceptors (Lipinski definition) is 9. The number of carbonyl (C=O) groups is 3. The fraction of sp³-hybridized carbons (Fsp3) is 0.842. The molecule has 2 fully saturated rings. The van der Waals surface area contributed by atoms with E-state index in [1.807, 2.05) is 7.05 Å². The van der Waals surface area contributed by atoms with E-state index < -0.39 is 40.9 Å². The summed E-state index contributed by atoms with van der Waals surface area (Å²) < 4.78 is 9.97. The highest BCUT2D eigenvalue weighted by Gasteiger charge is 2.67. The summed E-state index contributed by atoms with van der Waals surface area (Å²) in [5.74, 6) is -2.33. The van der Waals surface area contributed by atoms with E-state index in [2.05, 4.69) is 5.32 Å². The Kier molecular flexibility index (Phi) is 7.61. The molecule has 0 aromatic heterocycles. The lowest BCUT2D eigenvalue weighted by Crippen LogP contribution is -2.77. The fourth-order valence-electron chi connectivity index (χ4n) is 4.98. The molecule has 10 heteroatoms. The Morgan fingerprint density at radius 3 is 2.00 bits per heavy atom. The smallest absolute Gasteiger partial charge is 0.320 e. The van der Waals surface area contributed by atoms with Gasteiger partial charge in [-0.25, -0.2) is 0 Å². The molecule has 2 aliphatic rings. The molecule has 166 valence electrons. The zero-order valence-corrected chi connectivity index (χ0v) is 17.6. The number of unbranched alkanes of at least 4 members (excludes halogenated alkanes) is 1. The highest BCUT2D eigenvalue weighted by Crippen LogP contribution is 2.48. The first-order valence-electron chi connectivity index (χ1n) is 9.83. The quantitative estimate of drug-likeness (QED) is 0.311. The summed E-state index contributed by atoms with van der Waals surface area (Å²) in [6, 6.07) is -0.879. The standard InChI is InChI=1S/C19H33N3O7/c1-20-8-6-5-7-13(14(23)24)22-11-18(16(26)28-3)9-21(2)10-19(12-22,15(18)25)17(27)29-4/h13,15,20,25H,5-12H2,1-4H3,(H,23,24). The van der Waals surface area contributed by atoms with Gasteiger partial charge in [-0.1, -0.05) is 6.42 Å². The van der Waals surface area contributed by atoms with Crippen LogP contribution in [-0.4, -0.2) is 111 Å². The first-order valence-corrected chi connectivity index (χ1v) is 9.83. The van der Waals surface area contributed by atoms with Crippen molar-refractivity contribution in [2.24, 2.45) is 10.8 Å². The molecule has 29 heavy (non-hydrogen) atoms. The third kappa shape index (κ3) is 4.25. The summed E-state index contributed by atoms with van der Waals surface area (Å²) in [6.45, 7) is 1.07. The second-order valence-electron chi connectivity index (χ2n) is 8.23. The highest BCUT2D eigenvalue weighted by atomic mass is 16.5. The zero-order chi connectivity index (χ0) is 21.8. The number of esters is 2. The lowest BCUT2D eigenvalue weighted by molar-refractivity contribution is -0.221. The minimum absolute atomic E-state index is 0.00703. The molecule has 2 heterocycles. The van der Waals surface area contributed by atoms with Crippen LogP contribution in [0.1, 0.15) is 19.3 Å². The molecular formula is C19H33N3O7. The second-order valence-corrected chi connectivity index (χ2v) is 8.23. The van der Waals surface area contributed by atoms with Gasteiger partial charge < -0.3 is 29.9 Å². The van der Waals surface area contributed by atoms with Gasteiger partial charge in [0.05, 0.1) is 20.3 Å². The predicted molar refractivity (Wildman–Crippen MR) is 103 cm³/mol. The van der Waals surface area contributed by atoms with Gasteiger partial charge >= 0.3 is 17.9 Å². The van der Waals surface area contributed by atoms with Crippen LogP contribution >= 0.6 is 0 Å². The molecule has 2 saturated heterocycles. The lowest BCUT2D eigenvalue weighted by atomic mass is 9.60. The lowest BCUT2D eigenvalue weighted by Gasteiger charge is -2.59. The minimum Gasteiger partial charge on any atom is -0.480 e. The number of piperidine rings is 2. The predicted octanol–water partition coefficient (Wildman–Crippen LogP) is -1.23. The number of nitrogens with zero attached hydrogens (tertiary/aromatic N) is 2. The first kappa shape index (κ1) is 23.5. The summed E-state index contributed by atoms with van der Waals surface area (Å²) in [4.78, 5) is 41.1. The monoisotopic (exact) mass is 415 g/mol. The number of fused-ring (bicyclic) bond motifs is 2. The van der Waals surface area contributed by atoms with Crippen molar-refractivity contribution in [1.82, 2.24) is 15.1 Å². The number of carboxylic acids is 1. The van der Waals surface area contributed by atoms with Gasteiger partial charge in [0, 0.05) is 26.2 Å². The van der Waals surface area contributed by atoms with Gasteiger partial charge in [0.15, 0.2) is 0 Å². The Morgan fingerprint density at radius 1 is 1.07 bits per heavy atom. The molecule has 3 unspecified atom stereocenters. The van der Waals surface area contributed by atoms with E-state index in [0.717, 1.165) is 13.0 Å². The van der Waals surface area contributed by atoms with E-state index in [9.17, 15) is 24.6 Å². The molecule has 0 aromatic carbocycles. The molecule has 0 aromatic rings. The number of rotatable bonds is 9. The fourth-order valence-corrected chi connectivity index (χ4v) is 4.98. The molecule has 10 nitrogen and oxygen atoms in total. The summed E-state index contributed by atoms with van der Waals surface area (Å²) in [5.41, 5.74) is -2.88. The Labute approximate surface area is 171 Å². The molecule has 2 aliphatic heterocycles. The molecule has 2 rings (SSSR count). The van der Waals surface area contributed by atoms with E-state index in [-0.39, 0.29) is 26.2 Å². The van der Waals surface area contributed by atoms with E-state index in [4.69, 9.17) is 9.47 Å². The zero-order valence-electron chi connectivity index (χ0n) is 17.6. The van der Waals surface area contributed by atoms with Crippen molar-refractivity contribution in [3.05, 3.63) is 0 Å². The van der Waals surface area contributed by atoms with Crippen molar-refractivity contribution >= 4 is 17.9 Å². The molecule has 0 saturated carbocycles. The molecule has 2 bridgehead atoms. The van der Waals surface area contributed by atoms with Crippen LogP contribution in [0, 0.1) is 10.8 Å². The van der Waals surface area contributed by atoms with Crippen LogP contribution in [0.2, 0.25) is 0 Å². The maximum absolute atomic E-state index is 12.8. The average Bonchev–Trinajstić information content (AvgIpc) is 2.67. The summed E-state index contributed by atoms with van der Waals surface area (Å²) in [5, 5.41) is 24.1. The third-order valence-corrected chi connectivity index (χ3v) is 6.19. The number of carboxylic acid groups (broad SMARTS) is 1. The molecule has 3 atom stereocenters. The summed E-state index contributed by atoms with van der Waals surface area (Å²) in [6.07, 6.45) is 0.523. The average molecular weight is 415 g/mol. The number of carbonyl (C=O) groups excluding carboxylic acids is 2. The number of aliphatic hydroxyl groups excluding tert-OH is 1. The van der Waals surface area contributed by atoms with Crippen molar-refractivity contribution in [1.29, 1.82) is 0 Å². The Hall–Kier alpha value is -1.75. The largest absolute Gasteiger partial charge is 0.480 e. The van der Waals surface area contributed by atoms with E-state index in [1.165, 1.54) is 14.2 Å². The van der Waals surface area contributed by atoms with Gasteiger partial charge in [0.25, 0.3) is 0 Å². The molecular weight excluding hydrogens is 382 g/mol. The second kappa shape index (κ2) is 9.38. The molecule has 0 radical (unpaired) electrons. The van der Waals surface area contributed by atoms with Crippen LogP contribution in [0.5, 0.6) is 0 Å². The maximum atomic E-state index is 12.8. The number of likely N-dealkylation sites (tertiary alicyclic amines) is 2. The van der Waals surface area contributed by atoms with Crippen molar-refractivity contribution < 1.29 is 34.1 Å². The van der Waals surface area contributed by atoms with Crippen molar-refractivity contribution in [2.75, 3.05) is 61.0 Å². The van der Waals surface area contributed by atoms with Crippen LogP contribution in [0.25, 0.3) is 0 Å². The number of nitrogens with one attached hydrogen (secondary N) is 1. The minimum atomic E-state index is -1.44. The molecule has 0 spiro atoms. The van der Waals surface area contributed by atoms with Crippen LogP contribution < -0.4 is 5.32 Å². The summed E-state index contributed by atoms with van der Waals surface area (Å²) >= 11 is 0. The van der Waals surface area contributed by atoms with E-state index >= 15 is 0 Å². The number of hydrogen-bond donors (Lipinski definition) is 3. The third-order valence-electron chi connectivity index (χ3n) is 6.19. The Bertz CT molecular complexity index is 595. The van der Waals surface area contributed by atoms with Gasteiger partial charge in [-0.3, -0.25) is 19.3 Å². The van der Waals surface area contributed by atoms with Gasteiger partial charge in [0.2, 0.25) is 0 Å². The Balaban J connectivity index is 2.44. The topological polar surface area (TPSA) is 129 Å². The first-order chi connectivity index (χ1) is 13.7. The van der Waals surface area contributed by atoms with Crippen LogP contribution in [0.15, 0.2) is 0 Å². The van der Waals surface area contributed by atoms with Gasteiger partial charge in [-0.05, 0) is 33.5 Å². The van der Waals surface area contributed by atoms with Gasteiger partial charge in [-0.15, -0.1) is 0 Å². The van der Waals surface area contributed by atoms with E-state index in [1.54, 1.807) is 16.8 Å². The van der Waals surface area contributed by atoms with Crippen molar-refractivity contribution in [3.63, 3.8) is 0 Å². The van der Waals surface area contributed by atoms with Crippen LogP contribution in [0.3, 0.4) is 0 Å². The molecule has 0 aliphatic carbocycles. The molecule has 0 amide bonds. The van der Waals surface area contributed by atoms with Gasteiger partial charge in [0.1, 0.15) is 16.9 Å². The Morgan fingerprint density at radius 2 is 1.59 bits per heavy atom. The van der Waals surface area contributed by atoms with Crippen LogP contribution in [0.4, 0.5) is 0 Å². The molecule has 3 N–H and O–H groups in total. The number of aliphatic hydroxyl groups is 1. The number of methoxy groups -OCH3 is 2. The van der Waals surface area contributed by atoms with Crippen molar-refractivity contribution in [3.8, 4) is 0 Å². The SMILES string of the molecule is CNCCCCC(C(=O)O)N1CC2(C(=O)OC)CN(C)CC(C(=O)OC)(C1)C2O. The van der Waals surface area contributed by atoms with Gasteiger partial charge in [-0.2, -0.15) is 0 Å². The number of ether oxygens (including phenoxy) is 2. The van der Waals surface area contributed by atoms with Crippen molar-refractivity contribution in [2.45, 2.75) is 31.4 Å². The highest BCUT2D eigenvalue weighted by molar-refractivity contribution is 5.85. The van der Waals surface area contributed by atoms with E-state index in [0.29, 0.717) is 12.8 Å².